The van der Waals surface area contributed by atoms with E-state index in [1.165, 1.54) is 0 Å². The van der Waals surface area contributed by atoms with Gasteiger partial charge in [-0.15, -0.1) is 0 Å². The number of morpholine rings is 1. The largest absolute Gasteiger partial charge is 0.451 e. The Bertz CT molecular complexity index is 1020. The molecule has 6 nitrogen and oxygen atoms in total. The highest BCUT2D eigenvalue weighted by atomic mass is 35.5. The lowest BCUT2D eigenvalue weighted by atomic mass is 10.1. The predicted molar refractivity (Wildman–Crippen MR) is 110 cm³/mol. The molecule has 0 bridgehead atoms. The fraction of sp³-hybridized carbons (Fsp3) is 0.182. The Morgan fingerprint density at radius 2 is 1.72 bits per heavy atom. The van der Waals surface area contributed by atoms with Crippen molar-refractivity contribution in [2.45, 2.75) is 0 Å². The van der Waals surface area contributed by atoms with E-state index in [0.29, 0.717) is 48.3 Å². The predicted octanol–water partition coefficient (Wildman–Crippen LogP) is 4.32. The van der Waals surface area contributed by atoms with Crippen molar-refractivity contribution in [3.8, 4) is 11.3 Å². The number of nitrogens with one attached hydrogen (secondary N) is 1. The Morgan fingerprint density at radius 1 is 0.966 bits per heavy atom. The van der Waals surface area contributed by atoms with Crippen molar-refractivity contribution in [2.75, 3.05) is 31.6 Å². The number of amides is 2. The van der Waals surface area contributed by atoms with Crippen LogP contribution in [-0.4, -0.2) is 43.0 Å². The van der Waals surface area contributed by atoms with Crippen LogP contribution < -0.4 is 5.32 Å². The molecule has 4 rings (SSSR count). The van der Waals surface area contributed by atoms with Crippen molar-refractivity contribution < 1.29 is 18.7 Å². The van der Waals surface area contributed by atoms with Crippen LogP contribution in [0, 0.1) is 0 Å². The molecule has 7 heteroatoms. The Hall–Kier alpha value is -3.09. The highest BCUT2D eigenvalue weighted by molar-refractivity contribution is 6.30. The van der Waals surface area contributed by atoms with E-state index < -0.39 is 0 Å². The van der Waals surface area contributed by atoms with Gasteiger partial charge in [0, 0.05) is 34.9 Å². The number of ether oxygens (including phenoxy) is 1. The monoisotopic (exact) mass is 410 g/mol. The Labute approximate surface area is 173 Å². The van der Waals surface area contributed by atoms with Crippen LogP contribution in [0.1, 0.15) is 20.9 Å². The smallest absolute Gasteiger partial charge is 0.291 e. The van der Waals surface area contributed by atoms with E-state index >= 15 is 0 Å². The van der Waals surface area contributed by atoms with Gasteiger partial charge in [-0.25, -0.2) is 0 Å². The van der Waals surface area contributed by atoms with Gasteiger partial charge >= 0.3 is 0 Å². The molecule has 0 atom stereocenters. The SMILES string of the molecule is O=C(Nc1cccc(C(=O)N2CCOCC2)c1)c1ccc(-c2ccc(Cl)cc2)o1. The minimum atomic E-state index is -0.388. The average molecular weight is 411 g/mol. The number of anilines is 1. The van der Waals surface area contributed by atoms with Crippen LogP contribution in [0.3, 0.4) is 0 Å². The maximum atomic E-state index is 12.6. The molecule has 1 aromatic heterocycles. The van der Waals surface area contributed by atoms with Gasteiger partial charge in [0.05, 0.1) is 13.2 Å². The first-order valence-corrected chi connectivity index (χ1v) is 9.62. The number of furan rings is 1. The Kier molecular flexibility index (Phi) is 5.64. The van der Waals surface area contributed by atoms with Crippen molar-refractivity contribution in [3.05, 3.63) is 77.0 Å². The molecule has 148 valence electrons. The van der Waals surface area contributed by atoms with Crippen LogP contribution in [0.25, 0.3) is 11.3 Å². The van der Waals surface area contributed by atoms with Crippen LogP contribution >= 0.6 is 11.6 Å². The zero-order valence-corrected chi connectivity index (χ0v) is 16.3. The van der Waals surface area contributed by atoms with E-state index in [9.17, 15) is 9.59 Å². The number of nitrogens with zero attached hydrogens (tertiary/aromatic N) is 1. The van der Waals surface area contributed by atoms with E-state index in [4.69, 9.17) is 20.8 Å². The van der Waals surface area contributed by atoms with Crippen LogP contribution in [0.4, 0.5) is 5.69 Å². The zero-order chi connectivity index (χ0) is 20.2. The zero-order valence-electron chi connectivity index (χ0n) is 15.6. The number of rotatable bonds is 4. The van der Waals surface area contributed by atoms with Gasteiger partial charge in [-0.3, -0.25) is 9.59 Å². The van der Waals surface area contributed by atoms with Gasteiger partial charge in [0.1, 0.15) is 5.76 Å². The molecule has 1 aliphatic rings. The number of halogens is 1. The summed E-state index contributed by atoms with van der Waals surface area (Å²) in [5, 5.41) is 3.41. The highest BCUT2D eigenvalue weighted by Gasteiger charge is 2.19. The minimum Gasteiger partial charge on any atom is -0.451 e. The van der Waals surface area contributed by atoms with E-state index in [2.05, 4.69) is 5.32 Å². The molecular formula is C22H19ClN2O4. The molecule has 1 saturated heterocycles. The van der Waals surface area contributed by atoms with Crippen molar-refractivity contribution in [1.82, 2.24) is 4.90 Å². The molecule has 0 radical (unpaired) electrons. The number of hydrogen-bond acceptors (Lipinski definition) is 4. The third-order valence-corrected chi connectivity index (χ3v) is 4.88. The lowest BCUT2D eigenvalue weighted by Crippen LogP contribution is -2.40. The average Bonchev–Trinajstić information content (AvgIpc) is 3.25. The topological polar surface area (TPSA) is 71.8 Å². The molecule has 1 N–H and O–H groups in total. The first-order valence-electron chi connectivity index (χ1n) is 9.24. The first kappa shape index (κ1) is 19.2. The molecular weight excluding hydrogens is 392 g/mol. The number of hydrogen-bond donors (Lipinski definition) is 1. The Balaban J connectivity index is 1.46. The van der Waals surface area contributed by atoms with Gasteiger partial charge in [-0.1, -0.05) is 17.7 Å². The van der Waals surface area contributed by atoms with Crippen LogP contribution in [-0.2, 0) is 4.74 Å². The molecule has 1 fully saturated rings. The molecule has 2 amide bonds. The van der Waals surface area contributed by atoms with Gasteiger partial charge in [-0.05, 0) is 54.6 Å². The van der Waals surface area contributed by atoms with Crippen molar-refractivity contribution in [2.24, 2.45) is 0 Å². The van der Waals surface area contributed by atoms with Gasteiger partial charge in [0.25, 0.3) is 11.8 Å². The quantitative estimate of drug-likeness (QED) is 0.695. The van der Waals surface area contributed by atoms with Gasteiger partial charge < -0.3 is 19.4 Å². The van der Waals surface area contributed by atoms with E-state index in [0.717, 1.165) is 5.56 Å². The lowest BCUT2D eigenvalue weighted by Gasteiger charge is -2.27. The Morgan fingerprint density at radius 3 is 2.48 bits per heavy atom. The highest BCUT2D eigenvalue weighted by Crippen LogP contribution is 2.24. The van der Waals surface area contributed by atoms with Crippen LogP contribution in [0.15, 0.2) is 65.1 Å². The fourth-order valence-electron chi connectivity index (χ4n) is 3.10. The van der Waals surface area contributed by atoms with Crippen molar-refractivity contribution in [3.63, 3.8) is 0 Å². The van der Waals surface area contributed by atoms with Gasteiger partial charge in [-0.2, -0.15) is 0 Å². The van der Waals surface area contributed by atoms with Crippen molar-refractivity contribution in [1.29, 1.82) is 0 Å². The van der Waals surface area contributed by atoms with E-state index in [1.807, 2.05) is 12.1 Å². The lowest BCUT2D eigenvalue weighted by molar-refractivity contribution is 0.0303. The van der Waals surface area contributed by atoms with Crippen LogP contribution in [0.5, 0.6) is 0 Å². The van der Waals surface area contributed by atoms with Crippen molar-refractivity contribution >= 4 is 29.1 Å². The van der Waals surface area contributed by atoms with Gasteiger partial charge in [0.2, 0.25) is 0 Å². The molecule has 1 aliphatic heterocycles. The summed E-state index contributed by atoms with van der Waals surface area (Å²) < 4.78 is 11.0. The molecule has 2 aromatic carbocycles. The van der Waals surface area contributed by atoms with E-state index in [-0.39, 0.29) is 17.6 Å². The number of carbonyl (C=O) groups excluding carboxylic acids is 2. The maximum absolute atomic E-state index is 12.6. The minimum absolute atomic E-state index is 0.0765. The summed E-state index contributed by atoms with van der Waals surface area (Å²) in [6.07, 6.45) is 0. The second-order valence-electron chi connectivity index (χ2n) is 6.61. The molecule has 3 aromatic rings. The van der Waals surface area contributed by atoms with Crippen LogP contribution in [0.2, 0.25) is 5.02 Å². The number of carbonyl (C=O) groups is 2. The molecule has 29 heavy (non-hydrogen) atoms. The summed E-state index contributed by atoms with van der Waals surface area (Å²) in [4.78, 5) is 26.9. The molecule has 0 unspecified atom stereocenters. The number of benzene rings is 2. The molecule has 0 spiro atoms. The van der Waals surface area contributed by atoms with E-state index in [1.54, 1.807) is 53.4 Å². The summed E-state index contributed by atoms with van der Waals surface area (Å²) in [5.41, 5.74) is 1.87. The molecule has 0 saturated carbocycles. The normalized spacial score (nSPS) is 13.9. The summed E-state index contributed by atoms with van der Waals surface area (Å²) in [5.74, 6) is 0.288. The molecule has 0 aliphatic carbocycles. The van der Waals surface area contributed by atoms with Gasteiger partial charge in [0.15, 0.2) is 5.76 Å². The summed E-state index contributed by atoms with van der Waals surface area (Å²) in [7, 11) is 0. The second-order valence-corrected chi connectivity index (χ2v) is 7.05. The fourth-order valence-corrected chi connectivity index (χ4v) is 3.23. The second kappa shape index (κ2) is 8.51. The summed E-state index contributed by atoms with van der Waals surface area (Å²) >= 11 is 5.90. The first-order chi connectivity index (χ1) is 14.1. The third-order valence-electron chi connectivity index (χ3n) is 4.62. The molecule has 2 heterocycles. The third kappa shape index (κ3) is 4.50. The maximum Gasteiger partial charge on any atom is 0.291 e. The standard InChI is InChI=1S/C22H19ClN2O4/c23-17-6-4-15(5-7-17)19-8-9-20(29-19)21(26)24-18-3-1-2-16(14-18)22(27)25-10-12-28-13-11-25/h1-9,14H,10-13H2,(H,24,26). The summed E-state index contributed by atoms with van der Waals surface area (Å²) in [6, 6.07) is 17.4. The summed E-state index contributed by atoms with van der Waals surface area (Å²) in [6.45, 7) is 2.21.